The first-order valence-corrected chi connectivity index (χ1v) is 8.47. The molecule has 0 amide bonds. The molecule has 5 nitrogen and oxygen atoms in total. The molecule has 2 rings (SSSR count). The van der Waals surface area contributed by atoms with Crippen LogP contribution in [-0.2, 0) is 16.1 Å². The summed E-state index contributed by atoms with van der Waals surface area (Å²) in [5, 5.41) is 6.45. The van der Waals surface area contributed by atoms with Crippen LogP contribution in [0.4, 0.5) is 0 Å². The second-order valence-corrected chi connectivity index (χ2v) is 6.23. The number of rotatable bonds is 8. The standard InChI is InChI=1S/C13H19N3O2S2/c1-3-5-14-9-10-12(19-7-4-11(17)18-2)15-13-16(10)6-8-20-13/h6,8,14H,3-5,7,9H2,1-2H3. The van der Waals surface area contributed by atoms with Crippen LogP contribution in [0.15, 0.2) is 16.6 Å². The SMILES string of the molecule is CCCNCc1c(SCCC(=O)OC)nc2sccn12. The maximum Gasteiger partial charge on any atom is 0.306 e. The molecule has 0 spiro atoms. The number of imidazole rings is 1. The van der Waals surface area contributed by atoms with Crippen molar-refractivity contribution < 1.29 is 9.53 Å². The van der Waals surface area contributed by atoms with Crippen LogP contribution in [0.2, 0.25) is 0 Å². The highest BCUT2D eigenvalue weighted by Gasteiger charge is 2.13. The average molecular weight is 313 g/mol. The lowest BCUT2D eigenvalue weighted by molar-refractivity contribution is -0.140. The molecule has 1 N–H and O–H groups in total. The molecule has 0 fully saturated rings. The maximum absolute atomic E-state index is 11.1. The van der Waals surface area contributed by atoms with Gasteiger partial charge in [0.15, 0.2) is 4.96 Å². The molecule has 2 aromatic rings. The number of methoxy groups -OCH3 is 1. The van der Waals surface area contributed by atoms with Crippen LogP contribution >= 0.6 is 23.1 Å². The normalized spacial score (nSPS) is 11.1. The summed E-state index contributed by atoms with van der Waals surface area (Å²) in [6, 6.07) is 0. The van der Waals surface area contributed by atoms with E-state index in [2.05, 4.69) is 26.4 Å². The van der Waals surface area contributed by atoms with E-state index in [0.29, 0.717) is 12.2 Å². The van der Waals surface area contributed by atoms with Gasteiger partial charge in [0.1, 0.15) is 5.03 Å². The first-order valence-electron chi connectivity index (χ1n) is 6.61. The summed E-state index contributed by atoms with van der Waals surface area (Å²) in [5.74, 6) is 0.516. The van der Waals surface area contributed by atoms with Gasteiger partial charge < -0.3 is 10.1 Å². The Morgan fingerprint density at radius 3 is 3.20 bits per heavy atom. The van der Waals surface area contributed by atoms with Gasteiger partial charge in [0.2, 0.25) is 0 Å². The Bertz CT molecular complexity index is 565. The first kappa shape index (κ1) is 15.3. The summed E-state index contributed by atoms with van der Waals surface area (Å²) in [6.45, 7) is 3.94. The number of ether oxygens (including phenoxy) is 1. The van der Waals surface area contributed by atoms with Crippen molar-refractivity contribution in [3.63, 3.8) is 0 Å². The summed E-state index contributed by atoms with van der Waals surface area (Å²) >= 11 is 3.24. The predicted octanol–water partition coefficient (Wildman–Crippen LogP) is 2.55. The van der Waals surface area contributed by atoms with Gasteiger partial charge in [-0.05, 0) is 13.0 Å². The molecule has 2 heterocycles. The van der Waals surface area contributed by atoms with Crippen molar-refractivity contribution in [1.82, 2.24) is 14.7 Å². The Morgan fingerprint density at radius 1 is 1.60 bits per heavy atom. The van der Waals surface area contributed by atoms with Gasteiger partial charge >= 0.3 is 5.97 Å². The van der Waals surface area contributed by atoms with E-state index in [1.54, 1.807) is 23.1 Å². The van der Waals surface area contributed by atoms with Crippen LogP contribution in [0.1, 0.15) is 25.5 Å². The zero-order chi connectivity index (χ0) is 14.4. The van der Waals surface area contributed by atoms with Crippen molar-refractivity contribution in [2.45, 2.75) is 31.3 Å². The number of hydrogen-bond donors (Lipinski definition) is 1. The van der Waals surface area contributed by atoms with Crippen molar-refractivity contribution in [2.75, 3.05) is 19.4 Å². The van der Waals surface area contributed by atoms with Gasteiger partial charge in [-0.3, -0.25) is 9.20 Å². The van der Waals surface area contributed by atoms with Gasteiger partial charge in [-0.2, -0.15) is 0 Å². The van der Waals surface area contributed by atoms with E-state index in [9.17, 15) is 4.79 Å². The van der Waals surface area contributed by atoms with Crippen LogP contribution in [0, 0.1) is 0 Å². The quantitative estimate of drug-likeness (QED) is 0.461. The van der Waals surface area contributed by atoms with Gasteiger partial charge in [-0.15, -0.1) is 23.1 Å². The van der Waals surface area contributed by atoms with Crippen LogP contribution in [0.5, 0.6) is 0 Å². The minimum Gasteiger partial charge on any atom is -0.469 e. The summed E-state index contributed by atoms with van der Waals surface area (Å²) < 4.78 is 6.77. The number of esters is 1. The number of hydrogen-bond acceptors (Lipinski definition) is 6. The van der Waals surface area contributed by atoms with Gasteiger partial charge in [0.25, 0.3) is 0 Å². The molecule has 110 valence electrons. The summed E-state index contributed by atoms with van der Waals surface area (Å²) in [7, 11) is 1.42. The van der Waals surface area contributed by atoms with E-state index in [1.165, 1.54) is 12.8 Å². The largest absolute Gasteiger partial charge is 0.469 e. The fourth-order valence-electron chi connectivity index (χ4n) is 1.81. The fraction of sp³-hybridized carbons (Fsp3) is 0.538. The molecule has 0 saturated heterocycles. The lowest BCUT2D eigenvalue weighted by atomic mass is 10.4. The second kappa shape index (κ2) is 7.66. The van der Waals surface area contributed by atoms with Crippen LogP contribution < -0.4 is 5.32 Å². The number of carbonyl (C=O) groups is 1. The third kappa shape index (κ3) is 3.74. The number of carbonyl (C=O) groups excluding carboxylic acids is 1. The zero-order valence-corrected chi connectivity index (χ0v) is 13.4. The minimum atomic E-state index is -0.177. The topological polar surface area (TPSA) is 55.6 Å². The molecule has 0 aromatic carbocycles. The van der Waals surface area contributed by atoms with Crippen molar-refractivity contribution in [3.05, 3.63) is 17.3 Å². The molecule has 0 saturated carbocycles. The monoisotopic (exact) mass is 313 g/mol. The molecular formula is C13H19N3O2S2. The molecule has 7 heteroatoms. The number of aromatic nitrogens is 2. The Balaban J connectivity index is 2.04. The van der Waals surface area contributed by atoms with Crippen LogP contribution in [0.25, 0.3) is 4.96 Å². The lowest BCUT2D eigenvalue weighted by Gasteiger charge is -2.05. The molecule has 0 aliphatic rings. The molecule has 0 unspecified atom stereocenters. The van der Waals surface area contributed by atoms with Crippen molar-refractivity contribution in [3.8, 4) is 0 Å². The third-order valence-electron chi connectivity index (χ3n) is 2.82. The molecule has 0 radical (unpaired) electrons. The van der Waals surface area contributed by atoms with E-state index >= 15 is 0 Å². The number of nitrogens with zero attached hydrogens (tertiary/aromatic N) is 2. The third-order valence-corrected chi connectivity index (χ3v) is 4.58. The summed E-state index contributed by atoms with van der Waals surface area (Å²) in [6.07, 6.45) is 3.56. The summed E-state index contributed by atoms with van der Waals surface area (Å²) in [4.78, 5) is 16.8. The number of nitrogens with one attached hydrogen (secondary N) is 1. The Hall–Kier alpha value is -1.05. The Labute approximate surface area is 126 Å². The molecular weight excluding hydrogens is 294 g/mol. The van der Waals surface area contributed by atoms with E-state index < -0.39 is 0 Å². The number of fused-ring (bicyclic) bond motifs is 1. The highest BCUT2D eigenvalue weighted by molar-refractivity contribution is 7.99. The first-order chi connectivity index (χ1) is 9.76. The van der Waals surface area contributed by atoms with E-state index in [0.717, 1.165) is 29.5 Å². The molecule has 0 aliphatic heterocycles. The summed E-state index contributed by atoms with van der Waals surface area (Å²) in [5.41, 5.74) is 1.17. The van der Waals surface area contributed by atoms with E-state index in [-0.39, 0.29) is 5.97 Å². The van der Waals surface area contributed by atoms with Gasteiger partial charge in [0, 0.05) is 23.9 Å². The Kier molecular flexibility index (Phi) is 5.87. The molecule has 0 atom stereocenters. The van der Waals surface area contributed by atoms with Crippen LogP contribution in [0.3, 0.4) is 0 Å². The number of thiazole rings is 1. The second-order valence-electron chi connectivity index (χ2n) is 4.27. The minimum absolute atomic E-state index is 0.177. The molecule has 0 bridgehead atoms. The average Bonchev–Trinajstić information content (AvgIpc) is 3.01. The highest BCUT2D eigenvalue weighted by Crippen LogP contribution is 2.26. The van der Waals surface area contributed by atoms with Crippen molar-refractivity contribution in [1.29, 1.82) is 0 Å². The fourth-order valence-corrected chi connectivity index (χ4v) is 3.55. The van der Waals surface area contributed by atoms with Gasteiger partial charge in [-0.25, -0.2) is 4.98 Å². The molecule has 2 aromatic heterocycles. The lowest BCUT2D eigenvalue weighted by Crippen LogP contribution is -2.15. The van der Waals surface area contributed by atoms with E-state index in [1.807, 2.05) is 11.6 Å². The molecule has 0 aliphatic carbocycles. The Morgan fingerprint density at radius 2 is 2.45 bits per heavy atom. The van der Waals surface area contributed by atoms with Gasteiger partial charge in [0.05, 0.1) is 19.2 Å². The van der Waals surface area contributed by atoms with Crippen molar-refractivity contribution >= 4 is 34.0 Å². The maximum atomic E-state index is 11.1. The van der Waals surface area contributed by atoms with Crippen LogP contribution in [-0.4, -0.2) is 34.8 Å². The zero-order valence-electron chi connectivity index (χ0n) is 11.7. The van der Waals surface area contributed by atoms with E-state index in [4.69, 9.17) is 0 Å². The van der Waals surface area contributed by atoms with Crippen molar-refractivity contribution in [2.24, 2.45) is 0 Å². The number of thioether (sulfide) groups is 1. The predicted molar refractivity (Wildman–Crippen MR) is 82.4 cm³/mol. The smallest absolute Gasteiger partial charge is 0.306 e. The molecule has 20 heavy (non-hydrogen) atoms. The van der Waals surface area contributed by atoms with Gasteiger partial charge in [-0.1, -0.05) is 6.92 Å². The highest BCUT2D eigenvalue weighted by atomic mass is 32.2.